The van der Waals surface area contributed by atoms with Gasteiger partial charge in [0.1, 0.15) is 6.61 Å². The molecule has 0 saturated heterocycles. The summed E-state index contributed by atoms with van der Waals surface area (Å²) in [6.07, 6.45) is 0. The van der Waals surface area contributed by atoms with Crippen LogP contribution in [0.1, 0.15) is 28.7 Å². The van der Waals surface area contributed by atoms with Gasteiger partial charge in [0.15, 0.2) is 22.5 Å². The molecule has 0 saturated carbocycles. The first-order chi connectivity index (χ1) is 17.9. The zero-order valence-electron chi connectivity index (χ0n) is 20.4. The van der Waals surface area contributed by atoms with Crippen LogP contribution >= 0.6 is 11.8 Å². The molecule has 9 nitrogen and oxygen atoms in total. The van der Waals surface area contributed by atoms with E-state index >= 15 is 0 Å². The van der Waals surface area contributed by atoms with Crippen molar-refractivity contribution in [2.45, 2.75) is 25.6 Å². The number of carboxylic acid groups (broad SMARTS) is 1. The number of ether oxygens (including phenoxy) is 2. The van der Waals surface area contributed by atoms with Crippen molar-refractivity contribution < 1.29 is 24.2 Å². The number of hydrogen-bond acceptors (Lipinski definition) is 7. The Bertz CT molecular complexity index is 1390. The van der Waals surface area contributed by atoms with Gasteiger partial charge in [-0.15, -0.1) is 10.2 Å². The number of aromatic carboxylic acids is 1. The number of carbonyl (C=O) groups is 2. The van der Waals surface area contributed by atoms with Crippen molar-refractivity contribution in [1.29, 1.82) is 0 Å². The molecule has 1 heterocycles. The van der Waals surface area contributed by atoms with E-state index in [2.05, 4.69) is 15.5 Å². The van der Waals surface area contributed by atoms with Gasteiger partial charge in [0.2, 0.25) is 5.91 Å². The molecule has 0 fully saturated rings. The molecule has 0 unspecified atom stereocenters. The summed E-state index contributed by atoms with van der Waals surface area (Å²) in [6.45, 7) is 4.56. The highest BCUT2D eigenvalue weighted by Gasteiger charge is 2.17. The molecule has 0 radical (unpaired) electrons. The molecule has 0 aliphatic carbocycles. The van der Waals surface area contributed by atoms with E-state index in [0.717, 1.165) is 11.3 Å². The van der Waals surface area contributed by atoms with Gasteiger partial charge in [0.25, 0.3) is 0 Å². The number of nitrogens with one attached hydrogen (secondary N) is 1. The van der Waals surface area contributed by atoms with Crippen LogP contribution in [0.15, 0.2) is 78.0 Å². The summed E-state index contributed by atoms with van der Waals surface area (Å²) in [7, 11) is 0. The molecule has 0 aliphatic rings. The van der Waals surface area contributed by atoms with E-state index in [1.165, 1.54) is 23.9 Å². The minimum atomic E-state index is -1.06. The number of carboxylic acids is 1. The second-order valence-electron chi connectivity index (χ2n) is 7.96. The molecule has 4 aromatic rings. The van der Waals surface area contributed by atoms with Gasteiger partial charge in [-0.3, -0.25) is 9.36 Å². The summed E-state index contributed by atoms with van der Waals surface area (Å²) in [5.74, 6) is 0.518. The summed E-state index contributed by atoms with van der Waals surface area (Å²) >= 11 is 1.22. The van der Waals surface area contributed by atoms with Gasteiger partial charge in [-0.25, -0.2) is 4.79 Å². The number of aryl methyl sites for hydroxylation is 1. The van der Waals surface area contributed by atoms with Crippen molar-refractivity contribution in [1.82, 2.24) is 14.8 Å². The first kappa shape index (κ1) is 25.8. The summed E-state index contributed by atoms with van der Waals surface area (Å²) in [5, 5.41) is 21.0. The predicted octanol–water partition coefficient (Wildman–Crippen LogP) is 4.98. The van der Waals surface area contributed by atoms with Gasteiger partial charge < -0.3 is 19.9 Å². The standard InChI is InChI=1S/C27H26N4O5S/c1-3-35-23-14-18(2)12-13-22(23)36-16-24-29-30-27(31(24)21-10-5-4-6-11-21)37-17-25(32)28-20-9-7-8-19(15-20)26(33)34/h4-15H,3,16-17H2,1-2H3,(H,28,32)(H,33,34). The van der Waals surface area contributed by atoms with Crippen molar-refractivity contribution in [3.63, 3.8) is 0 Å². The van der Waals surface area contributed by atoms with Gasteiger partial charge in [-0.1, -0.05) is 42.1 Å². The SMILES string of the molecule is CCOc1cc(C)ccc1OCc1nnc(SCC(=O)Nc2cccc(C(=O)O)c2)n1-c1ccccc1. The number of rotatable bonds is 11. The zero-order chi connectivity index (χ0) is 26.2. The van der Waals surface area contributed by atoms with E-state index in [9.17, 15) is 9.59 Å². The Morgan fingerprint density at radius 3 is 2.54 bits per heavy atom. The average Bonchev–Trinajstić information content (AvgIpc) is 3.30. The smallest absolute Gasteiger partial charge is 0.335 e. The molecular formula is C27H26N4O5S. The Hall–Kier alpha value is -4.31. The number of carbonyl (C=O) groups excluding carboxylic acids is 1. The second-order valence-corrected chi connectivity index (χ2v) is 8.91. The van der Waals surface area contributed by atoms with Gasteiger partial charge in [-0.2, -0.15) is 0 Å². The molecule has 0 aliphatic heterocycles. The molecule has 4 rings (SSSR count). The molecule has 0 atom stereocenters. The molecule has 190 valence electrons. The zero-order valence-corrected chi connectivity index (χ0v) is 21.2. The van der Waals surface area contributed by atoms with Crippen LogP contribution in [0, 0.1) is 6.92 Å². The third kappa shape index (κ3) is 6.68. The largest absolute Gasteiger partial charge is 0.490 e. The fourth-order valence-electron chi connectivity index (χ4n) is 3.53. The molecule has 37 heavy (non-hydrogen) atoms. The molecule has 0 bridgehead atoms. The Morgan fingerprint density at radius 1 is 0.973 bits per heavy atom. The van der Waals surface area contributed by atoms with Crippen LogP contribution < -0.4 is 14.8 Å². The molecule has 10 heteroatoms. The number of para-hydroxylation sites is 1. The fraction of sp³-hybridized carbons (Fsp3) is 0.185. The first-order valence-electron chi connectivity index (χ1n) is 11.6. The van der Waals surface area contributed by atoms with E-state index in [0.29, 0.717) is 34.8 Å². The van der Waals surface area contributed by atoms with Crippen molar-refractivity contribution in [2.24, 2.45) is 0 Å². The van der Waals surface area contributed by atoms with Crippen molar-refractivity contribution >= 4 is 29.3 Å². The van der Waals surface area contributed by atoms with Gasteiger partial charge in [-0.05, 0) is 61.9 Å². The molecule has 3 aromatic carbocycles. The molecule has 0 spiro atoms. The number of anilines is 1. The van der Waals surface area contributed by atoms with Crippen LogP contribution in [-0.4, -0.2) is 44.1 Å². The summed E-state index contributed by atoms with van der Waals surface area (Å²) < 4.78 is 13.6. The lowest BCUT2D eigenvalue weighted by Gasteiger charge is -2.14. The predicted molar refractivity (Wildman–Crippen MR) is 141 cm³/mol. The average molecular weight is 519 g/mol. The van der Waals surface area contributed by atoms with Crippen molar-refractivity contribution in [3.8, 4) is 17.2 Å². The quantitative estimate of drug-likeness (QED) is 0.267. The molecule has 2 N–H and O–H groups in total. The number of benzene rings is 3. The summed E-state index contributed by atoms with van der Waals surface area (Å²) in [5.41, 5.74) is 2.40. The highest BCUT2D eigenvalue weighted by molar-refractivity contribution is 7.99. The first-order valence-corrected chi connectivity index (χ1v) is 12.5. The third-order valence-electron chi connectivity index (χ3n) is 5.20. The van der Waals surface area contributed by atoms with Crippen LogP contribution in [0.2, 0.25) is 0 Å². The van der Waals surface area contributed by atoms with E-state index in [4.69, 9.17) is 14.6 Å². The maximum Gasteiger partial charge on any atom is 0.335 e. The maximum atomic E-state index is 12.6. The van der Waals surface area contributed by atoms with E-state index < -0.39 is 5.97 Å². The van der Waals surface area contributed by atoms with E-state index in [1.807, 2.05) is 66.9 Å². The van der Waals surface area contributed by atoms with Gasteiger partial charge >= 0.3 is 5.97 Å². The van der Waals surface area contributed by atoms with Gasteiger partial charge in [0, 0.05) is 11.4 Å². The lowest BCUT2D eigenvalue weighted by atomic mass is 10.2. The normalized spacial score (nSPS) is 10.6. The van der Waals surface area contributed by atoms with Crippen LogP contribution in [0.5, 0.6) is 11.5 Å². The number of nitrogens with zero attached hydrogens (tertiary/aromatic N) is 3. The van der Waals surface area contributed by atoms with E-state index in [1.54, 1.807) is 12.1 Å². The Morgan fingerprint density at radius 2 is 1.78 bits per heavy atom. The number of hydrogen-bond donors (Lipinski definition) is 2. The van der Waals surface area contributed by atoms with Crippen molar-refractivity contribution in [3.05, 3.63) is 89.7 Å². The maximum absolute atomic E-state index is 12.6. The Labute approximate surface area is 218 Å². The van der Waals surface area contributed by atoms with Crippen LogP contribution in [0.3, 0.4) is 0 Å². The summed E-state index contributed by atoms with van der Waals surface area (Å²) in [6, 6.07) is 21.4. The van der Waals surface area contributed by atoms with Crippen LogP contribution in [-0.2, 0) is 11.4 Å². The lowest BCUT2D eigenvalue weighted by Crippen LogP contribution is -2.15. The highest BCUT2D eigenvalue weighted by atomic mass is 32.2. The number of thioether (sulfide) groups is 1. The molecule has 1 amide bonds. The summed E-state index contributed by atoms with van der Waals surface area (Å²) in [4.78, 5) is 23.8. The lowest BCUT2D eigenvalue weighted by molar-refractivity contribution is -0.113. The van der Waals surface area contributed by atoms with E-state index in [-0.39, 0.29) is 23.8 Å². The van der Waals surface area contributed by atoms with Crippen molar-refractivity contribution in [2.75, 3.05) is 17.7 Å². The third-order valence-corrected chi connectivity index (χ3v) is 6.13. The minimum absolute atomic E-state index is 0.0512. The second kappa shape index (κ2) is 12.1. The monoisotopic (exact) mass is 518 g/mol. The van der Waals surface area contributed by atoms with Crippen LogP contribution in [0.4, 0.5) is 5.69 Å². The minimum Gasteiger partial charge on any atom is -0.490 e. The number of amides is 1. The topological polar surface area (TPSA) is 116 Å². The Kier molecular flexibility index (Phi) is 8.42. The van der Waals surface area contributed by atoms with Crippen LogP contribution in [0.25, 0.3) is 5.69 Å². The molecule has 1 aromatic heterocycles. The molecular weight excluding hydrogens is 492 g/mol. The highest BCUT2D eigenvalue weighted by Crippen LogP contribution is 2.30. The Balaban J connectivity index is 1.50. The fourth-order valence-corrected chi connectivity index (χ4v) is 4.30. The number of aromatic nitrogens is 3. The van der Waals surface area contributed by atoms with Gasteiger partial charge in [0.05, 0.1) is 17.9 Å².